The van der Waals surface area contributed by atoms with Crippen molar-refractivity contribution >= 4 is 5.91 Å². The van der Waals surface area contributed by atoms with Crippen LogP contribution < -0.4 is 5.32 Å². The molecule has 1 saturated carbocycles. The van der Waals surface area contributed by atoms with Crippen molar-refractivity contribution in [2.75, 3.05) is 13.1 Å². The summed E-state index contributed by atoms with van der Waals surface area (Å²) in [6.07, 6.45) is 10.1. The number of carbonyl (C=O) groups is 1. The van der Waals surface area contributed by atoms with E-state index >= 15 is 0 Å². The number of piperidine rings is 1. The van der Waals surface area contributed by atoms with Gasteiger partial charge >= 0.3 is 0 Å². The molecule has 20 heavy (non-hydrogen) atoms. The van der Waals surface area contributed by atoms with Crippen molar-refractivity contribution in [3.63, 3.8) is 0 Å². The third-order valence-electron chi connectivity index (χ3n) is 4.31. The van der Waals surface area contributed by atoms with Crippen molar-refractivity contribution in [2.24, 2.45) is 5.92 Å². The molecular weight excluding hydrogens is 252 g/mol. The van der Waals surface area contributed by atoms with Gasteiger partial charge < -0.3 is 9.73 Å². The van der Waals surface area contributed by atoms with Crippen LogP contribution >= 0.6 is 0 Å². The average molecular weight is 276 g/mol. The predicted octanol–water partition coefficient (Wildman–Crippen LogP) is 2.55. The molecule has 1 aliphatic heterocycles. The summed E-state index contributed by atoms with van der Waals surface area (Å²) in [5.41, 5.74) is 1.25. The fourth-order valence-electron chi connectivity index (χ4n) is 3.03. The summed E-state index contributed by atoms with van der Waals surface area (Å²) in [6, 6.07) is 2.53. The number of carbonyl (C=O) groups excluding carboxylic acids is 1. The molecule has 1 aromatic heterocycles. The number of amides is 1. The van der Waals surface area contributed by atoms with Crippen molar-refractivity contribution in [3.8, 4) is 0 Å². The van der Waals surface area contributed by atoms with E-state index in [-0.39, 0.29) is 5.91 Å². The SMILES string of the molecule is O=C(CC[C@@H]1CCCN(Cc2ccoc2)C1)NC1CC1. The van der Waals surface area contributed by atoms with Crippen LogP contribution in [0.2, 0.25) is 0 Å². The zero-order valence-corrected chi connectivity index (χ0v) is 12.0. The summed E-state index contributed by atoms with van der Waals surface area (Å²) in [6.45, 7) is 3.25. The minimum Gasteiger partial charge on any atom is -0.472 e. The monoisotopic (exact) mass is 276 g/mol. The summed E-state index contributed by atoms with van der Waals surface area (Å²) in [7, 11) is 0. The van der Waals surface area contributed by atoms with Gasteiger partial charge in [-0.1, -0.05) is 0 Å². The van der Waals surface area contributed by atoms with Gasteiger partial charge in [0.25, 0.3) is 0 Å². The number of rotatable bonds is 6. The summed E-state index contributed by atoms with van der Waals surface area (Å²) in [4.78, 5) is 14.2. The van der Waals surface area contributed by atoms with Gasteiger partial charge in [-0.05, 0) is 50.6 Å². The molecule has 3 rings (SSSR count). The second-order valence-electron chi connectivity index (χ2n) is 6.26. The van der Waals surface area contributed by atoms with E-state index in [0.29, 0.717) is 18.4 Å². The summed E-state index contributed by atoms with van der Waals surface area (Å²) >= 11 is 0. The van der Waals surface area contributed by atoms with Crippen LogP contribution in [0.3, 0.4) is 0 Å². The van der Waals surface area contributed by atoms with E-state index in [2.05, 4.69) is 10.2 Å². The first kappa shape index (κ1) is 13.7. The standard InChI is InChI=1S/C16H24N2O2/c19-16(17-15-4-5-15)6-3-13-2-1-8-18(10-13)11-14-7-9-20-12-14/h7,9,12-13,15H,1-6,8,10-11H2,(H,17,19)/t13-/m0/s1. The van der Waals surface area contributed by atoms with E-state index < -0.39 is 0 Å². The Balaban J connectivity index is 1.39. The van der Waals surface area contributed by atoms with Gasteiger partial charge in [-0.25, -0.2) is 0 Å². The smallest absolute Gasteiger partial charge is 0.220 e. The number of nitrogens with zero attached hydrogens (tertiary/aromatic N) is 1. The molecule has 1 atom stereocenters. The highest BCUT2D eigenvalue weighted by Crippen LogP contribution is 2.23. The Morgan fingerprint density at radius 2 is 2.30 bits per heavy atom. The Morgan fingerprint density at radius 1 is 1.40 bits per heavy atom. The third-order valence-corrected chi connectivity index (χ3v) is 4.31. The van der Waals surface area contributed by atoms with E-state index in [1.54, 1.807) is 6.26 Å². The van der Waals surface area contributed by atoms with Gasteiger partial charge in [-0.3, -0.25) is 9.69 Å². The minimum absolute atomic E-state index is 0.249. The van der Waals surface area contributed by atoms with Gasteiger partial charge in [-0.2, -0.15) is 0 Å². The van der Waals surface area contributed by atoms with Crippen LogP contribution in [0.5, 0.6) is 0 Å². The molecule has 2 fully saturated rings. The molecule has 0 bridgehead atoms. The Bertz CT molecular complexity index is 426. The molecule has 4 nitrogen and oxygen atoms in total. The molecule has 0 unspecified atom stereocenters. The zero-order valence-electron chi connectivity index (χ0n) is 12.0. The predicted molar refractivity (Wildman–Crippen MR) is 77.1 cm³/mol. The molecule has 2 heterocycles. The lowest BCUT2D eigenvalue weighted by atomic mass is 9.93. The fraction of sp³-hybridized carbons (Fsp3) is 0.688. The fourth-order valence-corrected chi connectivity index (χ4v) is 3.03. The number of nitrogens with one attached hydrogen (secondary N) is 1. The molecule has 1 amide bonds. The number of furan rings is 1. The second-order valence-corrected chi connectivity index (χ2v) is 6.26. The van der Waals surface area contributed by atoms with Gasteiger partial charge in [0, 0.05) is 31.1 Å². The summed E-state index contributed by atoms with van der Waals surface area (Å²) < 4.78 is 5.13. The lowest BCUT2D eigenvalue weighted by Crippen LogP contribution is -2.35. The van der Waals surface area contributed by atoms with Crippen molar-refractivity contribution in [1.82, 2.24) is 10.2 Å². The van der Waals surface area contributed by atoms with Crippen molar-refractivity contribution < 1.29 is 9.21 Å². The average Bonchev–Trinajstić information content (AvgIpc) is 3.11. The first-order valence-corrected chi connectivity index (χ1v) is 7.82. The van der Waals surface area contributed by atoms with Gasteiger partial charge in [0.05, 0.1) is 12.5 Å². The molecule has 1 aromatic rings. The molecular formula is C16H24N2O2. The number of likely N-dealkylation sites (tertiary alicyclic amines) is 1. The quantitative estimate of drug-likeness (QED) is 0.868. The lowest BCUT2D eigenvalue weighted by molar-refractivity contribution is -0.121. The Hall–Kier alpha value is -1.29. The molecule has 4 heteroatoms. The lowest BCUT2D eigenvalue weighted by Gasteiger charge is -2.32. The highest BCUT2D eigenvalue weighted by molar-refractivity contribution is 5.76. The Morgan fingerprint density at radius 3 is 3.05 bits per heavy atom. The van der Waals surface area contributed by atoms with Crippen LogP contribution in [0, 0.1) is 5.92 Å². The van der Waals surface area contributed by atoms with Crippen molar-refractivity contribution in [1.29, 1.82) is 0 Å². The molecule has 1 aliphatic carbocycles. The molecule has 1 saturated heterocycles. The minimum atomic E-state index is 0.249. The van der Waals surface area contributed by atoms with E-state index in [0.717, 1.165) is 26.1 Å². The second kappa shape index (κ2) is 6.44. The van der Waals surface area contributed by atoms with Gasteiger partial charge in [0.2, 0.25) is 5.91 Å². The largest absolute Gasteiger partial charge is 0.472 e. The normalized spacial score (nSPS) is 23.7. The van der Waals surface area contributed by atoms with Crippen LogP contribution in [0.4, 0.5) is 0 Å². The van der Waals surface area contributed by atoms with Crippen LogP contribution in [0.15, 0.2) is 23.0 Å². The topological polar surface area (TPSA) is 45.5 Å². The number of hydrogen-bond acceptors (Lipinski definition) is 3. The molecule has 1 N–H and O–H groups in total. The molecule has 110 valence electrons. The van der Waals surface area contributed by atoms with Crippen molar-refractivity contribution in [3.05, 3.63) is 24.2 Å². The van der Waals surface area contributed by atoms with Crippen LogP contribution in [-0.4, -0.2) is 29.9 Å². The van der Waals surface area contributed by atoms with E-state index in [4.69, 9.17) is 4.42 Å². The Labute approximate surface area is 120 Å². The maximum atomic E-state index is 11.7. The molecule has 2 aliphatic rings. The molecule has 0 radical (unpaired) electrons. The van der Waals surface area contributed by atoms with E-state index in [1.807, 2.05) is 12.3 Å². The number of hydrogen-bond donors (Lipinski definition) is 1. The maximum absolute atomic E-state index is 11.7. The van der Waals surface area contributed by atoms with Gasteiger partial charge in [-0.15, -0.1) is 0 Å². The van der Waals surface area contributed by atoms with Crippen LogP contribution in [-0.2, 0) is 11.3 Å². The summed E-state index contributed by atoms with van der Waals surface area (Å²) in [5, 5.41) is 3.08. The third kappa shape index (κ3) is 4.10. The Kier molecular flexibility index (Phi) is 4.41. The van der Waals surface area contributed by atoms with E-state index in [9.17, 15) is 4.79 Å². The van der Waals surface area contributed by atoms with Gasteiger partial charge in [0.15, 0.2) is 0 Å². The van der Waals surface area contributed by atoms with Gasteiger partial charge in [0.1, 0.15) is 0 Å². The van der Waals surface area contributed by atoms with Crippen LogP contribution in [0.25, 0.3) is 0 Å². The van der Waals surface area contributed by atoms with Crippen molar-refractivity contribution in [2.45, 2.75) is 51.1 Å². The highest BCUT2D eigenvalue weighted by atomic mass is 16.3. The zero-order chi connectivity index (χ0) is 13.8. The maximum Gasteiger partial charge on any atom is 0.220 e. The first-order valence-electron chi connectivity index (χ1n) is 7.82. The summed E-state index contributed by atoms with van der Waals surface area (Å²) in [5.74, 6) is 0.917. The van der Waals surface area contributed by atoms with E-state index in [1.165, 1.54) is 31.2 Å². The van der Waals surface area contributed by atoms with Crippen LogP contribution in [0.1, 0.15) is 44.1 Å². The highest BCUT2D eigenvalue weighted by Gasteiger charge is 2.24. The molecule has 0 spiro atoms. The first-order chi connectivity index (χ1) is 9.79. The molecule has 0 aromatic carbocycles.